The molecule has 1 aliphatic carbocycles. The number of piperidine rings is 1. The van der Waals surface area contributed by atoms with Crippen LogP contribution in [-0.2, 0) is 19.4 Å². The Bertz CT molecular complexity index is 811. The van der Waals surface area contributed by atoms with Gasteiger partial charge in [0.2, 0.25) is 15.7 Å². The Morgan fingerprint density at radius 3 is 2.25 bits per heavy atom. The van der Waals surface area contributed by atoms with Crippen molar-refractivity contribution in [2.75, 3.05) is 25.6 Å². The molecule has 156 valence electrons. The summed E-state index contributed by atoms with van der Waals surface area (Å²) in [6.45, 7) is 0.592. The van der Waals surface area contributed by atoms with E-state index >= 15 is 0 Å². The molecule has 2 fully saturated rings. The van der Waals surface area contributed by atoms with Gasteiger partial charge in [-0.2, -0.15) is 13.2 Å². The van der Waals surface area contributed by atoms with E-state index in [1.165, 1.54) is 29.2 Å². The number of sulfone groups is 1. The summed E-state index contributed by atoms with van der Waals surface area (Å²) < 4.78 is 68.9. The number of nitrogens with zero attached hydrogens (tertiary/aromatic N) is 1. The van der Waals surface area contributed by atoms with E-state index in [-0.39, 0.29) is 49.1 Å². The summed E-state index contributed by atoms with van der Waals surface area (Å²) in [4.78, 5) is 13.5. The number of ether oxygens (including phenoxy) is 1. The quantitative estimate of drug-likeness (QED) is 0.764. The van der Waals surface area contributed by atoms with E-state index in [0.29, 0.717) is 12.8 Å². The molecule has 10 heteroatoms. The molecule has 0 unspecified atom stereocenters. The zero-order chi connectivity index (χ0) is 20.6. The predicted octanol–water partition coefficient (Wildman–Crippen LogP) is 2.72. The number of hydrogen-bond donors (Lipinski definition) is 1. The molecule has 1 aromatic rings. The molecule has 1 N–H and O–H groups in total. The third-order valence-electron chi connectivity index (χ3n) is 5.39. The van der Waals surface area contributed by atoms with Gasteiger partial charge in [0.05, 0.1) is 11.5 Å². The Morgan fingerprint density at radius 1 is 1.18 bits per heavy atom. The Balaban J connectivity index is 1.45. The van der Waals surface area contributed by atoms with Crippen molar-refractivity contribution in [3.05, 3.63) is 24.3 Å². The van der Waals surface area contributed by atoms with Gasteiger partial charge in [-0.15, -0.1) is 0 Å². The molecule has 0 atom stereocenters. The number of carbonyl (C=O) groups is 1. The van der Waals surface area contributed by atoms with Crippen LogP contribution >= 0.6 is 0 Å². The fraction of sp³-hybridized carbons (Fsp3) is 0.611. The number of likely N-dealkylation sites (tertiary alicyclic amines) is 1. The van der Waals surface area contributed by atoms with Crippen molar-refractivity contribution in [2.24, 2.45) is 11.3 Å². The minimum absolute atomic E-state index is 0.0138. The second-order valence-corrected chi connectivity index (χ2v) is 9.35. The first-order valence-corrected chi connectivity index (χ1v) is 10.7. The number of amides is 1. The number of carbonyl (C=O) groups excluding carboxylic acids is 1. The molecule has 2 aliphatic rings. The maximum Gasteiger partial charge on any atom is 0.403 e. The lowest BCUT2D eigenvalue weighted by molar-refractivity contribution is -0.199. The Labute approximate surface area is 161 Å². The van der Waals surface area contributed by atoms with Gasteiger partial charge in [-0.25, -0.2) is 8.42 Å². The van der Waals surface area contributed by atoms with Crippen LogP contribution in [0.25, 0.3) is 0 Å². The lowest BCUT2D eigenvalue weighted by Gasteiger charge is -2.34. The molecule has 1 aromatic carbocycles. The Morgan fingerprint density at radius 2 is 1.75 bits per heavy atom. The van der Waals surface area contributed by atoms with Gasteiger partial charge in [-0.1, -0.05) is 0 Å². The number of halogens is 3. The molecular formula is C18H22F3NO5S. The van der Waals surface area contributed by atoms with Gasteiger partial charge in [0.25, 0.3) is 0 Å². The molecule has 1 saturated carbocycles. The van der Waals surface area contributed by atoms with Crippen LogP contribution in [0.1, 0.15) is 25.7 Å². The van der Waals surface area contributed by atoms with Crippen LogP contribution < -0.4 is 0 Å². The Hall–Kier alpha value is -1.81. The summed E-state index contributed by atoms with van der Waals surface area (Å²) in [5.74, 6) is -1.41. The third kappa shape index (κ3) is 4.27. The average Bonchev–Trinajstić information content (AvgIpc) is 3.44. The SMILES string of the molecule is O=C(N1CCC(COCS(=O)(=O)c2ccc(O)cc2)CC1)C1(C(F)(F)F)CC1. The fourth-order valence-corrected chi connectivity index (χ4v) is 4.40. The maximum absolute atomic E-state index is 13.1. The monoisotopic (exact) mass is 421 g/mol. The maximum atomic E-state index is 13.1. The van der Waals surface area contributed by atoms with Crippen LogP contribution in [0.4, 0.5) is 13.2 Å². The zero-order valence-electron chi connectivity index (χ0n) is 15.1. The van der Waals surface area contributed by atoms with Gasteiger partial charge < -0.3 is 14.7 Å². The van der Waals surface area contributed by atoms with Gasteiger partial charge in [0.1, 0.15) is 11.2 Å². The molecule has 1 aliphatic heterocycles. The first-order valence-electron chi connectivity index (χ1n) is 9.01. The molecule has 0 bridgehead atoms. The van der Waals surface area contributed by atoms with Gasteiger partial charge in [-0.05, 0) is 55.9 Å². The Kier molecular flexibility index (Phi) is 5.64. The highest BCUT2D eigenvalue weighted by Crippen LogP contribution is 2.58. The number of benzene rings is 1. The summed E-state index contributed by atoms with van der Waals surface area (Å²) in [5, 5.41) is 9.21. The van der Waals surface area contributed by atoms with Crippen LogP contribution in [0, 0.1) is 11.3 Å². The van der Waals surface area contributed by atoms with E-state index in [4.69, 9.17) is 4.74 Å². The first kappa shape index (κ1) is 20.9. The van der Waals surface area contributed by atoms with E-state index in [0.717, 1.165) is 0 Å². The number of phenols is 1. The minimum atomic E-state index is -4.51. The van der Waals surface area contributed by atoms with Crippen molar-refractivity contribution in [1.82, 2.24) is 4.90 Å². The second-order valence-electron chi connectivity index (χ2n) is 7.41. The van der Waals surface area contributed by atoms with Crippen molar-refractivity contribution in [1.29, 1.82) is 0 Å². The van der Waals surface area contributed by atoms with Gasteiger partial charge in [0.15, 0.2) is 5.94 Å². The van der Waals surface area contributed by atoms with Crippen LogP contribution in [0.2, 0.25) is 0 Å². The number of rotatable bonds is 6. The molecule has 6 nitrogen and oxygen atoms in total. The number of phenolic OH excluding ortho intramolecular Hbond substituents is 1. The smallest absolute Gasteiger partial charge is 0.403 e. The molecule has 3 rings (SSSR count). The summed E-state index contributed by atoms with van der Waals surface area (Å²) in [6.07, 6.45) is -3.86. The normalized spacial score (nSPS) is 20.2. The molecular weight excluding hydrogens is 399 g/mol. The van der Waals surface area contributed by atoms with Crippen molar-refractivity contribution in [3.63, 3.8) is 0 Å². The average molecular weight is 421 g/mol. The van der Waals surface area contributed by atoms with Crippen LogP contribution in [-0.4, -0.2) is 56.1 Å². The molecule has 1 amide bonds. The highest BCUT2D eigenvalue weighted by atomic mass is 32.2. The highest BCUT2D eigenvalue weighted by Gasteiger charge is 2.69. The lowest BCUT2D eigenvalue weighted by atomic mass is 9.95. The van der Waals surface area contributed by atoms with Gasteiger partial charge in [-0.3, -0.25) is 4.79 Å². The van der Waals surface area contributed by atoms with E-state index in [1.807, 2.05) is 0 Å². The van der Waals surface area contributed by atoms with E-state index < -0.39 is 33.3 Å². The molecule has 1 heterocycles. The summed E-state index contributed by atoms with van der Waals surface area (Å²) in [6, 6.07) is 5.11. The summed E-state index contributed by atoms with van der Waals surface area (Å²) in [5.41, 5.74) is -2.19. The van der Waals surface area contributed by atoms with Crippen LogP contribution in [0.3, 0.4) is 0 Å². The number of aromatic hydroxyl groups is 1. The molecule has 0 spiro atoms. The van der Waals surface area contributed by atoms with Gasteiger partial charge >= 0.3 is 6.18 Å². The van der Waals surface area contributed by atoms with Gasteiger partial charge in [0, 0.05) is 13.1 Å². The topological polar surface area (TPSA) is 83.9 Å². The van der Waals surface area contributed by atoms with Crippen LogP contribution in [0.15, 0.2) is 29.2 Å². The minimum Gasteiger partial charge on any atom is -0.508 e. The van der Waals surface area contributed by atoms with E-state index in [1.54, 1.807) is 0 Å². The number of hydrogen-bond acceptors (Lipinski definition) is 5. The van der Waals surface area contributed by atoms with Crippen molar-refractivity contribution in [3.8, 4) is 5.75 Å². The van der Waals surface area contributed by atoms with Crippen molar-refractivity contribution >= 4 is 15.7 Å². The van der Waals surface area contributed by atoms with Crippen molar-refractivity contribution in [2.45, 2.75) is 36.8 Å². The fourth-order valence-electron chi connectivity index (χ4n) is 3.39. The van der Waals surface area contributed by atoms with Crippen LogP contribution in [0.5, 0.6) is 5.75 Å². The second kappa shape index (κ2) is 7.55. The highest BCUT2D eigenvalue weighted by molar-refractivity contribution is 7.91. The zero-order valence-corrected chi connectivity index (χ0v) is 15.9. The molecule has 28 heavy (non-hydrogen) atoms. The summed E-state index contributed by atoms with van der Waals surface area (Å²) in [7, 11) is -3.65. The predicted molar refractivity (Wildman–Crippen MR) is 93.1 cm³/mol. The van der Waals surface area contributed by atoms with E-state index in [9.17, 15) is 31.5 Å². The molecule has 0 aromatic heterocycles. The molecule has 0 radical (unpaired) electrons. The first-order chi connectivity index (χ1) is 13.1. The van der Waals surface area contributed by atoms with Crippen molar-refractivity contribution < 1.29 is 36.2 Å². The third-order valence-corrected chi connectivity index (χ3v) is 6.86. The molecule has 1 saturated heterocycles. The van der Waals surface area contributed by atoms with E-state index in [2.05, 4.69) is 0 Å². The largest absolute Gasteiger partial charge is 0.508 e. The summed E-state index contributed by atoms with van der Waals surface area (Å²) >= 11 is 0. The standard InChI is InChI=1S/C18H22F3NO5S/c19-18(20,21)17(7-8-17)16(24)22-9-5-13(6-10-22)11-27-12-28(25,26)15-3-1-14(23)2-4-15/h1-4,13,23H,5-12H2. The lowest BCUT2D eigenvalue weighted by Crippen LogP contribution is -2.47. The number of alkyl halides is 3.